The quantitative estimate of drug-likeness (QED) is 0.878. The summed E-state index contributed by atoms with van der Waals surface area (Å²) in [5.41, 5.74) is 2.34. The molecule has 3 heterocycles. The van der Waals surface area contributed by atoms with Crippen molar-refractivity contribution in [3.8, 4) is 0 Å². The van der Waals surface area contributed by atoms with Gasteiger partial charge in [-0.05, 0) is 25.0 Å². The van der Waals surface area contributed by atoms with Gasteiger partial charge in [0, 0.05) is 25.5 Å². The molecule has 0 unspecified atom stereocenters. The van der Waals surface area contributed by atoms with Crippen LogP contribution in [0, 0.1) is 0 Å². The van der Waals surface area contributed by atoms with E-state index >= 15 is 0 Å². The third-order valence-corrected chi connectivity index (χ3v) is 3.80. The summed E-state index contributed by atoms with van der Waals surface area (Å²) in [7, 11) is 1.87. The van der Waals surface area contributed by atoms with Crippen molar-refractivity contribution in [2.75, 3.05) is 6.61 Å². The zero-order chi connectivity index (χ0) is 14.8. The van der Waals surface area contributed by atoms with Crippen LogP contribution < -0.4 is 5.32 Å². The van der Waals surface area contributed by atoms with Gasteiger partial charge in [-0.1, -0.05) is 6.92 Å². The highest BCUT2D eigenvalue weighted by Crippen LogP contribution is 2.28. The van der Waals surface area contributed by atoms with Crippen LogP contribution >= 0.6 is 0 Å². The van der Waals surface area contributed by atoms with E-state index in [1.165, 1.54) is 0 Å². The smallest absolute Gasteiger partial charge is 0.272 e. The number of ether oxygens (including phenoxy) is 1. The van der Waals surface area contributed by atoms with Crippen LogP contribution in [0.3, 0.4) is 0 Å². The molecule has 0 radical (unpaired) electrons. The normalized spacial score (nSPS) is 21.6. The molecule has 3 rings (SSSR count). The molecule has 2 aromatic rings. The van der Waals surface area contributed by atoms with E-state index in [4.69, 9.17) is 4.74 Å². The molecular formula is C14H19N5O2. The zero-order valence-electron chi connectivity index (χ0n) is 12.2. The van der Waals surface area contributed by atoms with Crippen molar-refractivity contribution in [1.29, 1.82) is 0 Å². The van der Waals surface area contributed by atoms with Crippen LogP contribution in [-0.4, -0.2) is 38.5 Å². The molecule has 0 spiro atoms. The monoisotopic (exact) mass is 289 g/mol. The number of hydrogen-bond acceptors (Lipinski definition) is 4. The Kier molecular flexibility index (Phi) is 3.74. The minimum Gasteiger partial charge on any atom is -0.370 e. The molecular weight excluding hydrogens is 270 g/mol. The van der Waals surface area contributed by atoms with E-state index in [1.54, 1.807) is 16.9 Å². The first-order chi connectivity index (χ1) is 10.2. The second-order valence-electron chi connectivity index (χ2n) is 5.17. The number of aromatic amines is 1. The largest absolute Gasteiger partial charge is 0.370 e. The molecule has 2 aromatic heterocycles. The first-order valence-corrected chi connectivity index (χ1v) is 7.13. The summed E-state index contributed by atoms with van der Waals surface area (Å²) in [5.74, 6) is -0.173. The van der Waals surface area contributed by atoms with Gasteiger partial charge in [0.1, 0.15) is 11.8 Å². The van der Waals surface area contributed by atoms with Gasteiger partial charge in [0.2, 0.25) is 0 Å². The van der Waals surface area contributed by atoms with Gasteiger partial charge < -0.3 is 10.1 Å². The van der Waals surface area contributed by atoms with Gasteiger partial charge in [0.15, 0.2) is 0 Å². The lowest BCUT2D eigenvalue weighted by molar-refractivity contribution is 0.0789. The van der Waals surface area contributed by atoms with Crippen LogP contribution in [0.5, 0.6) is 0 Å². The minimum absolute atomic E-state index is 0.0605. The van der Waals surface area contributed by atoms with Crippen LogP contribution in [0.1, 0.15) is 41.3 Å². The Hall–Kier alpha value is -2.15. The van der Waals surface area contributed by atoms with Gasteiger partial charge in [-0.3, -0.25) is 14.6 Å². The topological polar surface area (TPSA) is 84.8 Å². The van der Waals surface area contributed by atoms with E-state index in [0.717, 1.165) is 24.2 Å². The number of rotatable bonds is 4. The van der Waals surface area contributed by atoms with Crippen molar-refractivity contribution in [2.45, 2.75) is 31.9 Å². The molecule has 1 aliphatic rings. The number of aromatic nitrogens is 4. The molecule has 2 atom stereocenters. The standard InChI is InChI=1S/C14H19N5O2/c1-3-9-8-11(18-17-9)14(20)16-10-5-7-21-13(10)12-4-6-15-19(12)2/h4,6,8,10,13H,3,5,7H2,1-2H3,(H,16,20)(H,17,18)/t10-,13-/m0/s1. The minimum atomic E-state index is -0.173. The molecule has 21 heavy (non-hydrogen) atoms. The summed E-state index contributed by atoms with van der Waals surface area (Å²) in [4.78, 5) is 12.3. The van der Waals surface area contributed by atoms with Gasteiger partial charge in [-0.25, -0.2) is 0 Å². The van der Waals surface area contributed by atoms with E-state index in [-0.39, 0.29) is 18.1 Å². The summed E-state index contributed by atoms with van der Waals surface area (Å²) in [6, 6.07) is 3.64. The fourth-order valence-electron chi connectivity index (χ4n) is 2.59. The Labute approximate surface area is 122 Å². The van der Waals surface area contributed by atoms with Crippen molar-refractivity contribution in [3.05, 3.63) is 35.4 Å². The van der Waals surface area contributed by atoms with Crippen molar-refractivity contribution in [3.63, 3.8) is 0 Å². The third-order valence-electron chi connectivity index (χ3n) is 3.80. The Morgan fingerprint density at radius 1 is 1.62 bits per heavy atom. The van der Waals surface area contributed by atoms with Crippen LogP contribution in [-0.2, 0) is 18.2 Å². The molecule has 1 aliphatic heterocycles. The number of carbonyl (C=O) groups is 1. The summed E-state index contributed by atoms with van der Waals surface area (Å²) in [6.45, 7) is 2.64. The lowest BCUT2D eigenvalue weighted by Gasteiger charge is -2.19. The fraction of sp³-hybridized carbons (Fsp3) is 0.500. The Bertz CT molecular complexity index is 633. The summed E-state index contributed by atoms with van der Waals surface area (Å²) < 4.78 is 7.53. The summed E-state index contributed by atoms with van der Waals surface area (Å²) >= 11 is 0. The van der Waals surface area contributed by atoms with E-state index < -0.39 is 0 Å². The average molecular weight is 289 g/mol. The molecule has 112 valence electrons. The zero-order valence-corrected chi connectivity index (χ0v) is 12.2. The predicted molar refractivity (Wildman–Crippen MR) is 75.7 cm³/mol. The molecule has 2 N–H and O–H groups in total. The Morgan fingerprint density at radius 3 is 3.14 bits per heavy atom. The number of nitrogens with one attached hydrogen (secondary N) is 2. The summed E-state index contributed by atoms with van der Waals surface area (Å²) in [6.07, 6.45) is 3.18. The van der Waals surface area contributed by atoms with Crippen molar-refractivity contribution in [1.82, 2.24) is 25.3 Å². The van der Waals surface area contributed by atoms with Gasteiger partial charge in [0.05, 0.1) is 11.7 Å². The number of carbonyl (C=O) groups excluding carboxylic acids is 1. The average Bonchev–Trinajstić information content (AvgIpc) is 3.18. The van der Waals surface area contributed by atoms with E-state index in [1.807, 2.05) is 20.0 Å². The molecule has 7 heteroatoms. The molecule has 7 nitrogen and oxygen atoms in total. The highest BCUT2D eigenvalue weighted by Gasteiger charge is 2.33. The Morgan fingerprint density at radius 2 is 2.48 bits per heavy atom. The fourth-order valence-corrected chi connectivity index (χ4v) is 2.59. The number of amides is 1. The third kappa shape index (κ3) is 2.69. The molecule has 1 amide bonds. The van der Waals surface area contributed by atoms with Gasteiger partial charge in [0.25, 0.3) is 5.91 Å². The van der Waals surface area contributed by atoms with Gasteiger partial charge in [-0.2, -0.15) is 10.2 Å². The second-order valence-corrected chi connectivity index (χ2v) is 5.17. The number of aryl methyl sites for hydroxylation is 2. The van der Waals surface area contributed by atoms with E-state index in [9.17, 15) is 4.79 Å². The first-order valence-electron chi connectivity index (χ1n) is 7.13. The van der Waals surface area contributed by atoms with Crippen LogP contribution in [0.15, 0.2) is 18.3 Å². The Balaban J connectivity index is 1.71. The highest BCUT2D eigenvalue weighted by atomic mass is 16.5. The highest BCUT2D eigenvalue weighted by molar-refractivity contribution is 5.92. The van der Waals surface area contributed by atoms with Crippen LogP contribution in [0.2, 0.25) is 0 Å². The molecule has 1 fully saturated rings. The molecule has 0 saturated carbocycles. The van der Waals surface area contributed by atoms with Crippen molar-refractivity contribution in [2.24, 2.45) is 7.05 Å². The molecule has 0 bridgehead atoms. The molecule has 1 saturated heterocycles. The van der Waals surface area contributed by atoms with Gasteiger partial charge >= 0.3 is 0 Å². The maximum absolute atomic E-state index is 12.3. The lowest BCUT2D eigenvalue weighted by Crippen LogP contribution is -2.37. The van der Waals surface area contributed by atoms with E-state index in [0.29, 0.717) is 12.3 Å². The number of H-pyrrole nitrogens is 1. The second kappa shape index (κ2) is 5.69. The maximum Gasteiger partial charge on any atom is 0.272 e. The van der Waals surface area contributed by atoms with Crippen molar-refractivity contribution < 1.29 is 9.53 Å². The van der Waals surface area contributed by atoms with Crippen LogP contribution in [0.4, 0.5) is 0 Å². The van der Waals surface area contributed by atoms with Crippen LogP contribution in [0.25, 0.3) is 0 Å². The SMILES string of the molecule is CCc1cc(C(=O)N[C@H]2CCO[C@@H]2c2ccnn2C)n[nH]1. The van der Waals surface area contributed by atoms with Gasteiger partial charge in [-0.15, -0.1) is 0 Å². The number of nitrogens with zero attached hydrogens (tertiary/aromatic N) is 3. The van der Waals surface area contributed by atoms with Crippen molar-refractivity contribution >= 4 is 5.91 Å². The predicted octanol–water partition coefficient (Wildman–Crippen LogP) is 0.966. The lowest BCUT2D eigenvalue weighted by atomic mass is 10.1. The molecule has 0 aromatic carbocycles. The summed E-state index contributed by atoms with van der Waals surface area (Å²) in [5, 5.41) is 14.1. The maximum atomic E-state index is 12.3. The van der Waals surface area contributed by atoms with E-state index in [2.05, 4.69) is 20.6 Å². The number of hydrogen-bond donors (Lipinski definition) is 2. The molecule has 0 aliphatic carbocycles. The first kappa shape index (κ1) is 13.8.